The van der Waals surface area contributed by atoms with Crippen molar-refractivity contribution >= 4 is 11.9 Å². The molecule has 138 valence electrons. The van der Waals surface area contributed by atoms with E-state index in [2.05, 4.69) is 4.74 Å². The van der Waals surface area contributed by atoms with Gasteiger partial charge in [-0.05, 0) is 37.0 Å². The Morgan fingerprint density at radius 3 is 2.64 bits per heavy atom. The third kappa shape index (κ3) is 5.52. The molecule has 1 atom stereocenters. The monoisotopic (exact) mass is 350 g/mol. The first kappa shape index (κ1) is 19.4. The Labute approximate surface area is 147 Å². The highest BCUT2D eigenvalue weighted by Crippen LogP contribution is 2.15. The number of hydrogen-bond donors (Lipinski definition) is 2. The van der Waals surface area contributed by atoms with E-state index in [9.17, 15) is 14.7 Å². The normalized spacial score (nSPS) is 16.8. The molecule has 25 heavy (non-hydrogen) atoms. The topological polar surface area (TPSA) is 90.3 Å². The quantitative estimate of drug-likeness (QED) is 0.667. The lowest BCUT2D eigenvalue weighted by Crippen LogP contribution is -2.52. The number of methoxy groups -OCH3 is 1. The molecule has 2 N–H and O–H groups in total. The standard InChI is InChI=1S/C18H26N2O5/c1-25-18(24)15-6-4-14(5-7-15)8-12-20-17(23)3-2-10-19(20)11-9-16(22)13-21/h4-7,16,21-22H,2-3,8-13H2,1H3. The van der Waals surface area contributed by atoms with Gasteiger partial charge in [-0.3, -0.25) is 9.80 Å². The minimum atomic E-state index is -0.759. The van der Waals surface area contributed by atoms with Crippen molar-refractivity contribution in [1.82, 2.24) is 10.0 Å². The Hall–Kier alpha value is -1.96. The number of amides is 1. The molecule has 0 spiro atoms. The number of benzene rings is 1. The summed E-state index contributed by atoms with van der Waals surface area (Å²) < 4.78 is 4.68. The van der Waals surface area contributed by atoms with Crippen LogP contribution in [0.4, 0.5) is 0 Å². The second kappa shape index (κ2) is 9.50. The van der Waals surface area contributed by atoms with E-state index in [1.807, 2.05) is 17.1 Å². The molecule has 1 unspecified atom stereocenters. The van der Waals surface area contributed by atoms with Crippen LogP contribution in [0.15, 0.2) is 24.3 Å². The van der Waals surface area contributed by atoms with E-state index in [0.717, 1.165) is 18.5 Å². The largest absolute Gasteiger partial charge is 0.465 e. The molecule has 0 aliphatic carbocycles. The van der Waals surface area contributed by atoms with Gasteiger partial charge in [0.25, 0.3) is 0 Å². The van der Waals surface area contributed by atoms with E-state index < -0.39 is 6.10 Å². The summed E-state index contributed by atoms with van der Waals surface area (Å²) in [5, 5.41) is 22.1. The van der Waals surface area contributed by atoms with Crippen molar-refractivity contribution in [1.29, 1.82) is 0 Å². The summed E-state index contributed by atoms with van der Waals surface area (Å²) in [5.74, 6) is -0.290. The third-order valence-electron chi connectivity index (χ3n) is 4.35. The molecule has 0 aromatic heterocycles. The van der Waals surface area contributed by atoms with Gasteiger partial charge < -0.3 is 14.9 Å². The van der Waals surface area contributed by atoms with E-state index in [-0.39, 0.29) is 18.5 Å². The predicted molar refractivity (Wildman–Crippen MR) is 91.7 cm³/mol. The van der Waals surface area contributed by atoms with E-state index in [4.69, 9.17) is 5.11 Å². The molecular formula is C18H26N2O5. The highest BCUT2D eigenvalue weighted by Gasteiger charge is 2.25. The second-order valence-corrected chi connectivity index (χ2v) is 6.14. The van der Waals surface area contributed by atoms with Gasteiger partial charge in [-0.2, -0.15) is 0 Å². The Morgan fingerprint density at radius 1 is 1.28 bits per heavy atom. The van der Waals surface area contributed by atoms with E-state index >= 15 is 0 Å². The zero-order valence-corrected chi connectivity index (χ0v) is 14.6. The number of aliphatic hydroxyl groups excluding tert-OH is 2. The zero-order valence-electron chi connectivity index (χ0n) is 14.6. The molecule has 1 aromatic carbocycles. The molecule has 2 rings (SSSR count). The van der Waals surface area contributed by atoms with Crippen LogP contribution >= 0.6 is 0 Å². The van der Waals surface area contributed by atoms with Gasteiger partial charge in [-0.15, -0.1) is 0 Å². The number of rotatable bonds is 8. The van der Waals surface area contributed by atoms with Gasteiger partial charge in [-0.25, -0.2) is 9.80 Å². The van der Waals surface area contributed by atoms with Crippen molar-refractivity contribution in [2.24, 2.45) is 0 Å². The first-order valence-electron chi connectivity index (χ1n) is 8.56. The van der Waals surface area contributed by atoms with Gasteiger partial charge in [0.2, 0.25) is 5.91 Å². The summed E-state index contributed by atoms with van der Waals surface area (Å²) in [5.41, 5.74) is 1.53. The fourth-order valence-electron chi connectivity index (χ4n) is 2.87. The maximum Gasteiger partial charge on any atom is 0.337 e. The van der Waals surface area contributed by atoms with Crippen LogP contribution in [0.2, 0.25) is 0 Å². The fraction of sp³-hybridized carbons (Fsp3) is 0.556. The lowest BCUT2D eigenvalue weighted by atomic mass is 10.1. The summed E-state index contributed by atoms with van der Waals surface area (Å²) in [4.78, 5) is 23.7. The highest BCUT2D eigenvalue weighted by atomic mass is 16.5. The van der Waals surface area contributed by atoms with Crippen molar-refractivity contribution in [3.63, 3.8) is 0 Å². The van der Waals surface area contributed by atoms with Gasteiger partial charge in [0.15, 0.2) is 0 Å². The van der Waals surface area contributed by atoms with Gasteiger partial charge in [0.1, 0.15) is 0 Å². The SMILES string of the molecule is COC(=O)c1ccc(CCN2C(=O)CCCN2CCC(O)CO)cc1. The van der Waals surface area contributed by atoms with Crippen LogP contribution in [0, 0.1) is 0 Å². The van der Waals surface area contributed by atoms with E-state index in [0.29, 0.717) is 37.9 Å². The second-order valence-electron chi connectivity index (χ2n) is 6.14. The highest BCUT2D eigenvalue weighted by molar-refractivity contribution is 5.89. The Kier molecular flexibility index (Phi) is 7.36. The Balaban J connectivity index is 1.93. The molecule has 1 saturated heterocycles. The van der Waals surface area contributed by atoms with Gasteiger partial charge in [0, 0.05) is 26.1 Å². The number of aliphatic hydroxyl groups is 2. The molecule has 1 heterocycles. The van der Waals surface area contributed by atoms with Crippen LogP contribution in [-0.2, 0) is 16.0 Å². The predicted octanol–water partition coefficient (Wildman–Crippen LogP) is 0.598. The van der Waals surface area contributed by atoms with Gasteiger partial charge in [-0.1, -0.05) is 12.1 Å². The van der Waals surface area contributed by atoms with Crippen molar-refractivity contribution in [3.05, 3.63) is 35.4 Å². The minimum absolute atomic E-state index is 0.0796. The first-order chi connectivity index (χ1) is 12.0. The average Bonchev–Trinajstić information content (AvgIpc) is 2.65. The van der Waals surface area contributed by atoms with Crippen LogP contribution in [0.3, 0.4) is 0 Å². The lowest BCUT2D eigenvalue weighted by Gasteiger charge is -2.39. The zero-order chi connectivity index (χ0) is 18.2. The van der Waals surface area contributed by atoms with Crippen molar-refractivity contribution in [2.45, 2.75) is 31.8 Å². The molecule has 0 bridgehead atoms. The van der Waals surface area contributed by atoms with Crippen LogP contribution < -0.4 is 0 Å². The Bertz CT molecular complexity index is 575. The number of esters is 1. The minimum Gasteiger partial charge on any atom is -0.465 e. The number of carbonyl (C=O) groups is 2. The number of hydrogen-bond acceptors (Lipinski definition) is 6. The number of nitrogens with zero attached hydrogens (tertiary/aromatic N) is 2. The summed E-state index contributed by atoms with van der Waals surface area (Å²) in [6.45, 7) is 1.58. The first-order valence-corrected chi connectivity index (χ1v) is 8.56. The molecule has 1 aliphatic heterocycles. The van der Waals surface area contributed by atoms with Crippen LogP contribution in [0.25, 0.3) is 0 Å². The lowest BCUT2D eigenvalue weighted by molar-refractivity contribution is -0.156. The average molecular weight is 350 g/mol. The summed E-state index contributed by atoms with van der Waals surface area (Å²) >= 11 is 0. The van der Waals surface area contributed by atoms with Crippen molar-refractivity contribution in [3.8, 4) is 0 Å². The molecule has 7 heteroatoms. The van der Waals surface area contributed by atoms with Gasteiger partial charge >= 0.3 is 5.97 Å². The van der Waals surface area contributed by atoms with Crippen LogP contribution in [-0.4, -0.2) is 71.6 Å². The molecule has 1 aliphatic rings. The van der Waals surface area contributed by atoms with E-state index in [1.165, 1.54) is 7.11 Å². The molecule has 0 radical (unpaired) electrons. The molecule has 1 fully saturated rings. The summed E-state index contributed by atoms with van der Waals surface area (Å²) in [7, 11) is 1.35. The Morgan fingerprint density at radius 2 is 2.00 bits per heavy atom. The van der Waals surface area contributed by atoms with Crippen molar-refractivity contribution in [2.75, 3.05) is 33.4 Å². The number of hydrazine groups is 1. The maximum absolute atomic E-state index is 12.2. The number of ether oxygens (including phenoxy) is 1. The summed E-state index contributed by atoms with van der Waals surface area (Å²) in [6.07, 6.45) is 1.67. The molecule has 1 amide bonds. The van der Waals surface area contributed by atoms with Gasteiger partial charge in [0.05, 0.1) is 25.4 Å². The molecule has 7 nitrogen and oxygen atoms in total. The fourth-order valence-corrected chi connectivity index (χ4v) is 2.87. The maximum atomic E-state index is 12.2. The number of carbonyl (C=O) groups excluding carboxylic acids is 2. The smallest absolute Gasteiger partial charge is 0.337 e. The van der Waals surface area contributed by atoms with Crippen LogP contribution in [0.1, 0.15) is 35.2 Å². The van der Waals surface area contributed by atoms with Crippen LogP contribution in [0.5, 0.6) is 0 Å². The summed E-state index contributed by atoms with van der Waals surface area (Å²) in [6, 6.07) is 7.16. The third-order valence-corrected chi connectivity index (χ3v) is 4.35. The van der Waals surface area contributed by atoms with E-state index in [1.54, 1.807) is 17.1 Å². The molecule has 1 aromatic rings. The molecule has 0 saturated carbocycles. The van der Waals surface area contributed by atoms with Crippen molar-refractivity contribution < 1.29 is 24.5 Å². The molecular weight excluding hydrogens is 324 g/mol.